The Bertz CT molecular complexity index is 1270. The summed E-state index contributed by atoms with van der Waals surface area (Å²) in [6.45, 7) is 3.54. The lowest BCUT2D eigenvalue weighted by molar-refractivity contribution is 0.0696. The van der Waals surface area contributed by atoms with E-state index >= 15 is 0 Å². The Morgan fingerprint density at radius 2 is 1.45 bits per heavy atom. The van der Waals surface area contributed by atoms with E-state index in [2.05, 4.69) is 42.4 Å². The Balaban J connectivity index is 1.90. The average molecular weight is 579 g/mol. The monoisotopic (exact) mass is 577 g/mol. The maximum absolute atomic E-state index is 12.4. The molecule has 0 radical (unpaired) electrons. The molecule has 0 bridgehead atoms. The summed E-state index contributed by atoms with van der Waals surface area (Å²) in [6.07, 6.45) is 1.43. The maximum Gasteiger partial charge on any atom is 0.335 e. The number of carbonyl (C=O) groups excluding carboxylic acids is 1. The molecule has 1 amide bonds. The van der Waals surface area contributed by atoms with Gasteiger partial charge in [-0.15, -0.1) is 0 Å². The van der Waals surface area contributed by atoms with Crippen LogP contribution in [0.2, 0.25) is 0 Å². The molecular formula is C22H17Br2N3O6. The number of hydrogen-bond donors (Lipinski definition) is 4. The molecule has 3 rings (SSSR count). The molecule has 0 atom stereocenters. The number of benzene rings is 2. The molecule has 0 fully saturated rings. The number of carboxylic acids is 2. The average Bonchev–Trinajstić information content (AvgIpc) is 3.04. The number of amides is 1. The number of halogens is 2. The third kappa shape index (κ3) is 5.15. The Morgan fingerprint density at radius 1 is 0.909 bits per heavy atom. The largest absolute Gasteiger partial charge is 0.506 e. The van der Waals surface area contributed by atoms with Gasteiger partial charge in [0.15, 0.2) is 0 Å². The fourth-order valence-electron chi connectivity index (χ4n) is 3.22. The van der Waals surface area contributed by atoms with Crippen LogP contribution in [-0.2, 0) is 0 Å². The Morgan fingerprint density at radius 3 is 1.97 bits per heavy atom. The molecule has 0 spiro atoms. The lowest BCUT2D eigenvalue weighted by Gasteiger charge is -2.12. The number of aromatic carboxylic acids is 2. The molecule has 11 heteroatoms. The van der Waals surface area contributed by atoms with Crippen molar-refractivity contribution in [2.24, 2.45) is 5.10 Å². The number of hydrazone groups is 1. The molecule has 0 aliphatic heterocycles. The highest BCUT2D eigenvalue weighted by atomic mass is 79.9. The molecular weight excluding hydrogens is 562 g/mol. The van der Waals surface area contributed by atoms with E-state index in [-0.39, 0.29) is 22.4 Å². The van der Waals surface area contributed by atoms with Crippen LogP contribution in [0.4, 0.5) is 0 Å². The van der Waals surface area contributed by atoms with E-state index in [0.29, 0.717) is 31.6 Å². The van der Waals surface area contributed by atoms with Crippen LogP contribution >= 0.6 is 31.9 Å². The van der Waals surface area contributed by atoms with Gasteiger partial charge in [0.25, 0.3) is 5.91 Å². The Kier molecular flexibility index (Phi) is 7.04. The lowest BCUT2D eigenvalue weighted by Crippen LogP contribution is -2.17. The second kappa shape index (κ2) is 9.59. The zero-order valence-corrected chi connectivity index (χ0v) is 20.4. The van der Waals surface area contributed by atoms with Crippen LogP contribution in [0, 0.1) is 13.8 Å². The highest BCUT2D eigenvalue weighted by Gasteiger charge is 2.16. The number of rotatable bonds is 6. The van der Waals surface area contributed by atoms with Gasteiger partial charge >= 0.3 is 11.9 Å². The quantitative estimate of drug-likeness (QED) is 0.251. The highest BCUT2D eigenvalue weighted by molar-refractivity contribution is 9.11. The van der Waals surface area contributed by atoms with E-state index in [1.807, 2.05) is 0 Å². The number of nitrogens with zero attached hydrogens (tertiary/aromatic N) is 2. The van der Waals surface area contributed by atoms with Crippen molar-refractivity contribution >= 4 is 55.9 Å². The number of carbonyl (C=O) groups is 3. The van der Waals surface area contributed by atoms with Crippen LogP contribution in [0.15, 0.2) is 50.4 Å². The third-order valence-electron chi connectivity index (χ3n) is 4.79. The molecule has 4 N–H and O–H groups in total. The van der Waals surface area contributed by atoms with Crippen molar-refractivity contribution in [2.45, 2.75) is 13.8 Å². The molecule has 0 aliphatic carbocycles. The van der Waals surface area contributed by atoms with Gasteiger partial charge in [0.05, 0.1) is 26.3 Å². The number of hydrogen-bond acceptors (Lipinski definition) is 5. The normalized spacial score (nSPS) is 11.0. The summed E-state index contributed by atoms with van der Waals surface area (Å²) in [4.78, 5) is 35.2. The number of phenols is 1. The standard InChI is InChI=1S/C22H17Br2N3O6/c1-10-3-15(9-25-26-20(29)12-7-17(23)19(28)18(24)8-12)11(2)27(10)16-5-13(21(30)31)4-14(6-16)22(32)33/h3-9,28H,1-2H3,(H,26,29)(H,30,31)(H,32,33)/b25-9-. The van der Waals surface area contributed by atoms with Gasteiger partial charge in [-0.2, -0.15) is 5.10 Å². The molecule has 9 nitrogen and oxygen atoms in total. The van der Waals surface area contributed by atoms with E-state index in [1.165, 1.54) is 30.5 Å². The highest BCUT2D eigenvalue weighted by Crippen LogP contribution is 2.33. The lowest BCUT2D eigenvalue weighted by atomic mass is 10.1. The number of aromatic hydroxyl groups is 1. The van der Waals surface area contributed by atoms with Crippen LogP contribution in [-0.4, -0.2) is 43.9 Å². The number of phenolic OH excluding ortho intramolecular Hbond substituents is 1. The zero-order valence-electron chi connectivity index (χ0n) is 17.3. The summed E-state index contributed by atoms with van der Waals surface area (Å²) < 4.78 is 2.40. The molecule has 33 heavy (non-hydrogen) atoms. The second-order valence-electron chi connectivity index (χ2n) is 7.03. The number of aryl methyl sites for hydroxylation is 1. The van der Waals surface area contributed by atoms with Gasteiger partial charge < -0.3 is 19.9 Å². The van der Waals surface area contributed by atoms with Crippen LogP contribution in [0.5, 0.6) is 5.75 Å². The van der Waals surface area contributed by atoms with Crippen molar-refractivity contribution in [1.29, 1.82) is 0 Å². The number of nitrogens with one attached hydrogen (secondary N) is 1. The molecule has 0 saturated carbocycles. The van der Waals surface area contributed by atoms with E-state index in [1.54, 1.807) is 24.5 Å². The first-order valence-electron chi connectivity index (χ1n) is 9.32. The fourth-order valence-corrected chi connectivity index (χ4v) is 4.41. The van der Waals surface area contributed by atoms with Gasteiger partial charge in [0.1, 0.15) is 5.75 Å². The van der Waals surface area contributed by atoms with Gasteiger partial charge in [-0.25, -0.2) is 15.0 Å². The van der Waals surface area contributed by atoms with Crippen molar-refractivity contribution in [3.63, 3.8) is 0 Å². The minimum absolute atomic E-state index is 0.0273. The molecule has 170 valence electrons. The molecule has 2 aromatic carbocycles. The van der Waals surface area contributed by atoms with Crippen molar-refractivity contribution in [3.8, 4) is 11.4 Å². The summed E-state index contributed by atoms with van der Waals surface area (Å²) >= 11 is 6.33. The maximum atomic E-state index is 12.4. The molecule has 0 unspecified atom stereocenters. The Hall–Kier alpha value is -3.44. The van der Waals surface area contributed by atoms with Gasteiger partial charge in [0, 0.05) is 28.2 Å². The first kappa shape index (κ1) is 24.2. The summed E-state index contributed by atoms with van der Waals surface area (Å²) in [7, 11) is 0. The van der Waals surface area contributed by atoms with Crippen LogP contribution in [0.25, 0.3) is 5.69 Å². The third-order valence-corrected chi connectivity index (χ3v) is 6.00. The van der Waals surface area contributed by atoms with Crippen LogP contribution in [0.3, 0.4) is 0 Å². The van der Waals surface area contributed by atoms with E-state index < -0.39 is 17.8 Å². The molecule has 0 aliphatic rings. The van der Waals surface area contributed by atoms with Crippen molar-refractivity contribution in [3.05, 3.63) is 79.0 Å². The fraction of sp³-hybridized carbons (Fsp3) is 0.0909. The zero-order chi connectivity index (χ0) is 24.4. The van der Waals surface area contributed by atoms with Crippen molar-refractivity contribution < 1.29 is 29.7 Å². The second-order valence-corrected chi connectivity index (χ2v) is 8.74. The molecule has 0 saturated heterocycles. The minimum Gasteiger partial charge on any atom is -0.506 e. The smallest absolute Gasteiger partial charge is 0.335 e. The summed E-state index contributed by atoms with van der Waals surface area (Å²) in [5, 5.41) is 32.4. The summed E-state index contributed by atoms with van der Waals surface area (Å²) in [5.74, 6) is -3.00. The predicted molar refractivity (Wildman–Crippen MR) is 128 cm³/mol. The van der Waals surface area contributed by atoms with E-state index in [0.717, 1.165) is 6.07 Å². The van der Waals surface area contributed by atoms with Crippen molar-refractivity contribution in [1.82, 2.24) is 9.99 Å². The predicted octanol–water partition coefficient (Wildman–Crippen LogP) is 4.49. The summed E-state index contributed by atoms with van der Waals surface area (Å²) in [6, 6.07) is 8.54. The van der Waals surface area contributed by atoms with Gasteiger partial charge in [-0.05, 0) is 82.1 Å². The number of carboxylic acid groups (broad SMARTS) is 2. The van der Waals surface area contributed by atoms with Crippen molar-refractivity contribution in [2.75, 3.05) is 0 Å². The van der Waals surface area contributed by atoms with E-state index in [4.69, 9.17) is 0 Å². The molecule has 1 aromatic heterocycles. The van der Waals surface area contributed by atoms with E-state index in [9.17, 15) is 29.7 Å². The van der Waals surface area contributed by atoms with Crippen LogP contribution in [0.1, 0.15) is 48.0 Å². The number of aromatic nitrogens is 1. The molecule has 3 aromatic rings. The molecule has 1 heterocycles. The van der Waals surface area contributed by atoms with Gasteiger partial charge in [0.2, 0.25) is 0 Å². The van der Waals surface area contributed by atoms with Crippen LogP contribution < -0.4 is 5.43 Å². The SMILES string of the molecule is Cc1cc(/C=N\NC(=O)c2cc(Br)c(O)c(Br)c2)c(C)n1-c1cc(C(=O)O)cc(C(=O)O)c1. The topological polar surface area (TPSA) is 141 Å². The van der Waals surface area contributed by atoms with Gasteiger partial charge in [-0.1, -0.05) is 0 Å². The van der Waals surface area contributed by atoms with Gasteiger partial charge in [-0.3, -0.25) is 4.79 Å². The minimum atomic E-state index is -1.24. The summed E-state index contributed by atoms with van der Waals surface area (Å²) in [5.41, 5.74) is 4.77. The Labute approximate surface area is 204 Å². The first-order chi connectivity index (χ1) is 15.5. The first-order valence-corrected chi connectivity index (χ1v) is 10.9.